The molecule has 0 spiro atoms. The van der Waals surface area contributed by atoms with Gasteiger partial charge in [0.25, 0.3) is 11.1 Å². The van der Waals surface area contributed by atoms with Gasteiger partial charge in [-0.2, -0.15) is 0 Å². The van der Waals surface area contributed by atoms with Crippen LogP contribution in [0, 0.1) is 19.7 Å². The van der Waals surface area contributed by atoms with Crippen LogP contribution in [0.2, 0.25) is 0 Å². The normalized spacial score (nSPS) is 11.4. The summed E-state index contributed by atoms with van der Waals surface area (Å²) in [7, 11) is 0. The van der Waals surface area contributed by atoms with Crippen molar-refractivity contribution < 1.29 is 0 Å². The number of rotatable bonds is 20. The minimum absolute atomic E-state index is 0.270. The summed E-state index contributed by atoms with van der Waals surface area (Å²) < 4.78 is 3.46. The highest BCUT2D eigenvalue weighted by atomic mass is 32.1. The van der Waals surface area contributed by atoms with Crippen LogP contribution in [0.5, 0.6) is 0 Å². The third kappa shape index (κ3) is 9.36. The van der Waals surface area contributed by atoms with Gasteiger partial charge in [0.1, 0.15) is 0 Å². The van der Waals surface area contributed by atoms with E-state index in [-0.39, 0.29) is 11.1 Å². The molecular weight excluding hydrogens is 805 g/mol. The van der Waals surface area contributed by atoms with Gasteiger partial charge in [-0.05, 0) is 58.5 Å². The Kier molecular flexibility index (Phi) is 14.3. The number of unbranched alkanes of at least 4 members (excludes halogenated alkanes) is 15. The van der Waals surface area contributed by atoms with E-state index in [0.29, 0.717) is 39.8 Å². The van der Waals surface area contributed by atoms with Crippen molar-refractivity contribution in [1.82, 2.24) is 4.57 Å². The molecular formula is C57H54N4O2S. The molecule has 6 aromatic carbocycles. The highest BCUT2D eigenvalue weighted by Crippen LogP contribution is 2.49. The van der Waals surface area contributed by atoms with E-state index in [9.17, 15) is 9.59 Å². The molecule has 2 heterocycles. The first kappa shape index (κ1) is 44.0. The molecule has 0 aliphatic carbocycles. The molecule has 0 bridgehead atoms. The standard InChI is InChI=1S/C57H54N4O2S/c1-5-6-7-8-9-10-11-12-13-14-15-16-17-18-19-20-35-61-56(62)49-37-46(40-23-30-44(59-3)31-24-40)52-48-36-42(39-21-28-43(58-2)29-22-39)27-34-51(48)64-55-47(41-25-32-45(60-4)33-26-41)38-50(57(61)63)53(49)54(52)55/h21-34,36-38H,5-20,35H2,1H3. The van der Waals surface area contributed by atoms with Gasteiger partial charge in [-0.15, -0.1) is 11.3 Å². The monoisotopic (exact) mass is 858 g/mol. The maximum absolute atomic E-state index is 14.8. The molecule has 0 aliphatic heterocycles. The molecule has 320 valence electrons. The summed E-state index contributed by atoms with van der Waals surface area (Å²) in [4.78, 5) is 40.4. The van der Waals surface area contributed by atoms with Crippen LogP contribution in [0.25, 0.3) is 89.6 Å². The average molecular weight is 859 g/mol. The van der Waals surface area contributed by atoms with Gasteiger partial charge in [0, 0.05) is 53.8 Å². The first-order valence-electron chi connectivity index (χ1n) is 23.2. The topological polar surface area (TPSA) is 52.1 Å². The molecule has 0 unspecified atom stereocenters. The predicted octanol–water partition coefficient (Wildman–Crippen LogP) is 17.2. The van der Waals surface area contributed by atoms with Crippen molar-refractivity contribution >= 4 is 70.1 Å². The fraction of sp³-hybridized carbons (Fsp3) is 0.316. The first-order chi connectivity index (χ1) is 31.4. The van der Waals surface area contributed by atoms with Crippen molar-refractivity contribution in [2.24, 2.45) is 0 Å². The van der Waals surface area contributed by atoms with E-state index in [1.807, 2.05) is 84.9 Å². The number of aromatic nitrogens is 1. The van der Waals surface area contributed by atoms with E-state index < -0.39 is 0 Å². The third-order valence-corrected chi connectivity index (χ3v) is 14.2. The van der Waals surface area contributed by atoms with Gasteiger partial charge in [-0.3, -0.25) is 14.2 Å². The Morgan fingerprint density at radius 3 is 1.34 bits per heavy atom. The number of benzene rings is 6. The van der Waals surface area contributed by atoms with Crippen LogP contribution < -0.4 is 11.1 Å². The highest BCUT2D eigenvalue weighted by molar-refractivity contribution is 7.25. The molecule has 8 rings (SSSR count). The minimum atomic E-state index is -0.270. The Hall–Kier alpha value is -6.59. The maximum Gasteiger partial charge on any atom is 0.261 e. The van der Waals surface area contributed by atoms with Crippen molar-refractivity contribution in [2.75, 3.05) is 0 Å². The Morgan fingerprint density at radius 2 is 0.859 bits per heavy atom. The number of fused-ring (bicyclic) bond motifs is 2. The molecule has 0 radical (unpaired) electrons. The lowest BCUT2D eigenvalue weighted by atomic mass is 9.88. The van der Waals surface area contributed by atoms with E-state index in [1.165, 1.54) is 88.0 Å². The van der Waals surface area contributed by atoms with Crippen LogP contribution in [-0.4, -0.2) is 4.57 Å². The number of nitrogens with zero attached hydrogens (tertiary/aromatic N) is 4. The summed E-state index contributed by atoms with van der Waals surface area (Å²) in [5, 5.41) is 4.49. The molecule has 0 fully saturated rings. The second kappa shape index (κ2) is 20.7. The zero-order valence-electron chi connectivity index (χ0n) is 36.8. The quantitative estimate of drug-likeness (QED) is 0.0332. The maximum atomic E-state index is 14.8. The van der Waals surface area contributed by atoms with Gasteiger partial charge in [0.15, 0.2) is 17.1 Å². The van der Waals surface area contributed by atoms with E-state index in [2.05, 4.69) is 39.7 Å². The van der Waals surface area contributed by atoms with Crippen LogP contribution in [-0.2, 0) is 6.54 Å². The largest absolute Gasteiger partial charge is 0.274 e. The first-order valence-corrected chi connectivity index (χ1v) is 24.1. The van der Waals surface area contributed by atoms with Gasteiger partial charge < -0.3 is 0 Å². The zero-order valence-corrected chi connectivity index (χ0v) is 37.7. The van der Waals surface area contributed by atoms with Crippen LogP contribution in [0.4, 0.5) is 17.1 Å². The van der Waals surface area contributed by atoms with Crippen molar-refractivity contribution in [3.8, 4) is 33.4 Å². The second-order valence-electron chi connectivity index (χ2n) is 17.3. The summed E-state index contributed by atoms with van der Waals surface area (Å²) in [6.45, 7) is 25.3. The van der Waals surface area contributed by atoms with Gasteiger partial charge in [-0.1, -0.05) is 182 Å². The van der Waals surface area contributed by atoms with Crippen molar-refractivity contribution in [2.45, 2.75) is 116 Å². The van der Waals surface area contributed by atoms with Crippen LogP contribution in [0.1, 0.15) is 110 Å². The minimum Gasteiger partial charge on any atom is -0.274 e. The zero-order chi connectivity index (χ0) is 44.4. The lowest BCUT2D eigenvalue weighted by Crippen LogP contribution is -2.33. The Bertz CT molecular complexity index is 3130. The van der Waals surface area contributed by atoms with Crippen LogP contribution >= 0.6 is 11.3 Å². The highest BCUT2D eigenvalue weighted by Gasteiger charge is 2.24. The van der Waals surface area contributed by atoms with Crippen molar-refractivity contribution in [3.05, 3.63) is 158 Å². The SMILES string of the molecule is [C-]#[N+]c1ccc(-c2ccc3sc4c(-c5ccc([N+]#[C-])cc5)cc5c(=O)n(CCCCCCCCCCCCCCCCCC)c(=O)c6cc(-c7ccc([N+]#[C-])cc7)c(c3c2)c4c56)cc1. The third-order valence-electron chi connectivity index (χ3n) is 12.9. The Labute approximate surface area is 380 Å². The molecule has 8 aromatic rings. The molecule has 0 saturated carbocycles. The van der Waals surface area contributed by atoms with E-state index >= 15 is 0 Å². The van der Waals surface area contributed by atoms with Crippen LogP contribution in [0.3, 0.4) is 0 Å². The summed E-state index contributed by atoms with van der Waals surface area (Å²) in [5.41, 5.74) is 6.57. The van der Waals surface area contributed by atoms with Crippen molar-refractivity contribution in [1.29, 1.82) is 0 Å². The number of hydrogen-bond acceptors (Lipinski definition) is 3. The van der Waals surface area contributed by atoms with E-state index in [0.717, 1.165) is 78.2 Å². The summed E-state index contributed by atoms with van der Waals surface area (Å²) in [6, 6.07) is 33.0. The molecule has 0 amide bonds. The predicted molar refractivity (Wildman–Crippen MR) is 271 cm³/mol. The molecule has 64 heavy (non-hydrogen) atoms. The van der Waals surface area contributed by atoms with E-state index in [4.69, 9.17) is 19.7 Å². The van der Waals surface area contributed by atoms with Crippen molar-refractivity contribution in [3.63, 3.8) is 0 Å². The van der Waals surface area contributed by atoms with Gasteiger partial charge in [0.05, 0.1) is 19.7 Å². The average Bonchev–Trinajstić information content (AvgIpc) is 3.34. The summed E-state index contributed by atoms with van der Waals surface area (Å²) in [5.74, 6) is 0. The second-order valence-corrected chi connectivity index (χ2v) is 18.3. The van der Waals surface area contributed by atoms with Gasteiger partial charge in [-0.25, -0.2) is 14.5 Å². The lowest BCUT2D eigenvalue weighted by Gasteiger charge is -2.20. The molecule has 6 nitrogen and oxygen atoms in total. The molecule has 0 N–H and O–H groups in total. The Balaban J connectivity index is 1.16. The fourth-order valence-electron chi connectivity index (χ4n) is 9.44. The number of hydrogen-bond donors (Lipinski definition) is 0. The molecule has 0 aliphatic rings. The smallest absolute Gasteiger partial charge is 0.261 e. The van der Waals surface area contributed by atoms with Gasteiger partial charge in [0.2, 0.25) is 0 Å². The summed E-state index contributed by atoms with van der Waals surface area (Å²) in [6.07, 6.45) is 20.1. The number of pyridine rings is 1. The molecule has 2 aromatic heterocycles. The van der Waals surface area contributed by atoms with Gasteiger partial charge >= 0.3 is 0 Å². The molecule has 0 atom stereocenters. The fourth-order valence-corrected chi connectivity index (χ4v) is 10.7. The summed E-state index contributed by atoms with van der Waals surface area (Å²) >= 11 is 1.64. The van der Waals surface area contributed by atoms with Crippen LogP contribution in [0.15, 0.2) is 113 Å². The Morgan fingerprint density at radius 1 is 0.438 bits per heavy atom. The molecule has 0 saturated heterocycles. The molecule has 7 heteroatoms. The lowest BCUT2D eigenvalue weighted by molar-refractivity contribution is 0.517. The van der Waals surface area contributed by atoms with E-state index in [1.54, 1.807) is 11.3 Å².